The number of para-hydroxylation sites is 1. The zero-order valence-electron chi connectivity index (χ0n) is 12.4. The van der Waals surface area contributed by atoms with Gasteiger partial charge in [0.05, 0.1) is 16.1 Å². The van der Waals surface area contributed by atoms with Crippen LogP contribution < -0.4 is 4.74 Å². The Morgan fingerprint density at radius 3 is 2.63 bits per heavy atom. The second kappa shape index (κ2) is 9.85. The van der Waals surface area contributed by atoms with Crippen molar-refractivity contribution in [2.24, 2.45) is 0 Å². The minimum absolute atomic E-state index is 0.776. The molecule has 1 aromatic rings. The third kappa shape index (κ3) is 5.64. The molecule has 0 aliphatic rings. The summed E-state index contributed by atoms with van der Waals surface area (Å²) < 4.78 is 6.07. The van der Waals surface area contributed by atoms with Gasteiger partial charge in [0.1, 0.15) is 5.75 Å². The topological polar surface area (TPSA) is 9.23 Å². The molecule has 0 bridgehead atoms. The average molecular weight is 274 g/mol. The van der Waals surface area contributed by atoms with Crippen LogP contribution in [-0.2, 0) is 12.5 Å². The molecule has 0 aliphatic carbocycles. The van der Waals surface area contributed by atoms with Crippen LogP contribution in [0.2, 0.25) is 0 Å². The number of rotatable bonds is 10. The molecule has 1 aromatic carbocycles. The highest BCUT2D eigenvalue weighted by molar-refractivity contribution is 6.41. The summed E-state index contributed by atoms with van der Waals surface area (Å²) in [7, 11) is 0.776. The lowest BCUT2D eigenvalue weighted by atomic mass is 10.1. The molecular weight excluding hydrogens is 248 g/mol. The standard InChI is InChI=1S/C17H26OSi/c1-4-7-8-9-13-18-17-15(5-2)11-10-12-16(17)14-19-6-3/h6,10-12H,3-5,7-9,13-14H2,1-2H3. The van der Waals surface area contributed by atoms with Crippen molar-refractivity contribution in [3.8, 4) is 5.75 Å². The van der Waals surface area contributed by atoms with E-state index in [0.29, 0.717) is 0 Å². The SMILES string of the molecule is C=C[Si]Cc1cccc(CC)c1OCCCCCC. The molecule has 0 spiro atoms. The highest BCUT2D eigenvalue weighted by Crippen LogP contribution is 2.25. The number of hydrogen-bond acceptors (Lipinski definition) is 1. The largest absolute Gasteiger partial charge is 0.493 e. The third-order valence-electron chi connectivity index (χ3n) is 3.24. The van der Waals surface area contributed by atoms with Crippen LogP contribution in [0.15, 0.2) is 30.5 Å². The van der Waals surface area contributed by atoms with Gasteiger partial charge in [-0.05, 0) is 30.0 Å². The van der Waals surface area contributed by atoms with Gasteiger partial charge in [-0.3, -0.25) is 0 Å². The van der Waals surface area contributed by atoms with Crippen LogP contribution in [0.1, 0.15) is 50.7 Å². The Bertz CT molecular complexity index is 374. The van der Waals surface area contributed by atoms with E-state index in [0.717, 1.165) is 40.8 Å². The number of ether oxygens (including phenoxy) is 1. The van der Waals surface area contributed by atoms with E-state index in [4.69, 9.17) is 4.74 Å². The molecule has 0 heterocycles. The minimum Gasteiger partial charge on any atom is -0.493 e. The molecule has 2 radical (unpaired) electrons. The lowest BCUT2D eigenvalue weighted by Crippen LogP contribution is -2.05. The van der Waals surface area contributed by atoms with Crippen LogP contribution in [0.3, 0.4) is 0 Å². The summed E-state index contributed by atoms with van der Waals surface area (Å²) in [5, 5.41) is 0. The fraction of sp³-hybridized carbons (Fsp3) is 0.529. The molecule has 0 aliphatic heterocycles. The van der Waals surface area contributed by atoms with Gasteiger partial charge < -0.3 is 4.74 Å². The Hall–Kier alpha value is -1.02. The van der Waals surface area contributed by atoms with Crippen molar-refractivity contribution in [3.63, 3.8) is 0 Å². The normalized spacial score (nSPS) is 10.4. The Balaban J connectivity index is 2.63. The van der Waals surface area contributed by atoms with E-state index in [9.17, 15) is 0 Å². The number of aryl methyl sites for hydroxylation is 1. The zero-order chi connectivity index (χ0) is 13.9. The van der Waals surface area contributed by atoms with Crippen molar-refractivity contribution >= 4 is 9.52 Å². The molecule has 1 rings (SSSR count). The van der Waals surface area contributed by atoms with E-state index in [1.54, 1.807) is 0 Å². The van der Waals surface area contributed by atoms with Gasteiger partial charge in [-0.25, -0.2) is 0 Å². The summed E-state index contributed by atoms with van der Waals surface area (Å²) >= 11 is 0. The van der Waals surface area contributed by atoms with E-state index in [-0.39, 0.29) is 0 Å². The van der Waals surface area contributed by atoms with Crippen LogP contribution in [-0.4, -0.2) is 16.1 Å². The van der Waals surface area contributed by atoms with E-state index >= 15 is 0 Å². The smallest absolute Gasteiger partial charge is 0.125 e. The first kappa shape index (κ1) is 16.0. The number of benzene rings is 1. The van der Waals surface area contributed by atoms with E-state index in [1.165, 1.54) is 30.4 Å². The van der Waals surface area contributed by atoms with Gasteiger partial charge in [-0.2, -0.15) is 0 Å². The maximum absolute atomic E-state index is 6.07. The van der Waals surface area contributed by atoms with E-state index in [2.05, 4.69) is 38.6 Å². The second-order valence-corrected chi connectivity index (χ2v) is 5.92. The molecule has 0 unspecified atom stereocenters. The van der Waals surface area contributed by atoms with Crippen molar-refractivity contribution < 1.29 is 4.74 Å². The van der Waals surface area contributed by atoms with Crippen LogP contribution in [0.25, 0.3) is 0 Å². The first-order valence-electron chi connectivity index (χ1n) is 7.41. The maximum Gasteiger partial charge on any atom is 0.125 e. The van der Waals surface area contributed by atoms with Gasteiger partial charge in [0.25, 0.3) is 0 Å². The molecule has 104 valence electrons. The second-order valence-electron chi connectivity index (χ2n) is 4.75. The first-order valence-corrected chi connectivity index (χ1v) is 8.69. The van der Waals surface area contributed by atoms with Crippen molar-refractivity contribution in [1.29, 1.82) is 0 Å². The van der Waals surface area contributed by atoms with E-state index in [1.807, 2.05) is 5.70 Å². The number of hydrogen-bond donors (Lipinski definition) is 0. The molecule has 0 fully saturated rings. The van der Waals surface area contributed by atoms with Crippen LogP contribution in [0, 0.1) is 0 Å². The van der Waals surface area contributed by atoms with Crippen molar-refractivity contribution in [3.05, 3.63) is 41.6 Å². The molecule has 0 saturated heterocycles. The van der Waals surface area contributed by atoms with Gasteiger partial charge in [-0.15, -0.1) is 12.3 Å². The average Bonchev–Trinajstić information content (AvgIpc) is 2.45. The Kier molecular flexibility index (Phi) is 8.31. The summed E-state index contributed by atoms with van der Waals surface area (Å²) in [4.78, 5) is 0. The maximum atomic E-state index is 6.07. The molecular formula is C17H26OSi. The highest BCUT2D eigenvalue weighted by atomic mass is 28.2. The van der Waals surface area contributed by atoms with Gasteiger partial charge in [0.15, 0.2) is 0 Å². The summed E-state index contributed by atoms with van der Waals surface area (Å²) in [5.74, 6) is 1.14. The van der Waals surface area contributed by atoms with Gasteiger partial charge in [-0.1, -0.05) is 51.3 Å². The fourth-order valence-electron chi connectivity index (χ4n) is 2.13. The van der Waals surface area contributed by atoms with Crippen LogP contribution in [0.5, 0.6) is 5.75 Å². The fourth-order valence-corrected chi connectivity index (χ4v) is 2.77. The summed E-state index contributed by atoms with van der Waals surface area (Å²) in [6.45, 7) is 9.09. The van der Waals surface area contributed by atoms with Gasteiger partial charge in [0, 0.05) is 0 Å². The van der Waals surface area contributed by atoms with Crippen LogP contribution >= 0.6 is 0 Å². The molecule has 0 atom stereocenters. The van der Waals surface area contributed by atoms with Crippen LogP contribution in [0.4, 0.5) is 0 Å². The Labute approximate surface area is 120 Å². The summed E-state index contributed by atoms with van der Waals surface area (Å²) in [6.07, 6.45) is 6.06. The lowest BCUT2D eigenvalue weighted by Gasteiger charge is -2.15. The molecule has 1 nitrogen and oxygen atoms in total. The van der Waals surface area contributed by atoms with E-state index < -0.39 is 0 Å². The zero-order valence-corrected chi connectivity index (χ0v) is 13.4. The quantitative estimate of drug-likeness (QED) is 0.449. The summed E-state index contributed by atoms with van der Waals surface area (Å²) in [6, 6.07) is 7.58. The molecule has 0 saturated carbocycles. The van der Waals surface area contributed by atoms with Crippen molar-refractivity contribution in [2.75, 3.05) is 6.61 Å². The minimum atomic E-state index is 0.776. The molecule has 0 aromatic heterocycles. The molecule has 0 amide bonds. The van der Waals surface area contributed by atoms with Gasteiger partial charge >= 0.3 is 0 Å². The molecule has 19 heavy (non-hydrogen) atoms. The Morgan fingerprint density at radius 1 is 1.16 bits per heavy atom. The predicted octanol–water partition coefficient (Wildman–Crippen LogP) is 4.56. The summed E-state index contributed by atoms with van der Waals surface area (Å²) in [5.41, 5.74) is 4.68. The van der Waals surface area contributed by atoms with Crippen molar-refractivity contribution in [1.82, 2.24) is 0 Å². The lowest BCUT2D eigenvalue weighted by molar-refractivity contribution is 0.300. The predicted molar refractivity (Wildman–Crippen MR) is 85.1 cm³/mol. The molecule has 2 heteroatoms. The molecule has 0 N–H and O–H groups in total. The monoisotopic (exact) mass is 274 g/mol. The first-order chi connectivity index (χ1) is 9.33. The van der Waals surface area contributed by atoms with Crippen molar-refractivity contribution in [2.45, 2.75) is 52.0 Å². The number of unbranched alkanes of at least 4 members (excludes halogenated alkanes) is 3. The van der Waals surface area contributed by atoms with Gasteiger partial charge in [0.2, 0.25) is 0 Å². The Morgan fingerprint density at radius 2 is 1.95 bits per heavy atom. The highest BCUT2D eigenvalue weighted by Gasteiger charge is 2.08. The third-order valence-corrected chi connectivity index (χ3v) is 4.11.